The normalized spacial score (nSPS) is 17.5. The van der Waals surface area contributed by atoms with Crippen molar-refractivity contribution in [2.45, 2.75) is 13.8 Å². The van der Waals surface area contributed by atoms with Crippen molar-refractivity contribution < 1.29 is 4.74 Å². The first kappa shape index (κ1) is 5.48. The van der Waals surface area contributed by atoms with Gasteiger partial charge < -0.3 is 10.1 Å². The number of rotatable bonds is 0. The van der Waals surface area contributed by atoms with Crippen LogP contribution >= 0.6 is 0 Å². The molecule has 0 amide bonds. The van der Waals surface area contributed by atoms with Gasteiger partial charge in [-0.1, -0.05) is 0 Å². The highest BCUT2D eigenvalue weighted by Gasteiger charge is 2.05. The lowest BCUT2D eigenvalue weighted by atomic mass is 10.4. The lowest BCUT2D eigenvalue weighted by Gasteiger charge is -1.98. The summed E-state index contributed by atoms with van der Waals surface area (Å²) in [6.45, 7) is 5.85. The van der Waals surface area contributed by atoms with E-state index in [1.165, 1.54) is 5.57 Å². The topological polar surface area (TPSA) is 21.3 Å². The Morgan fingerprint density at radius 1 is 1.62 bits per heavy atom. The van der Waals surface area contributed by atoms with Crippen LogP contribution in [0.4, 0.5) is 0 Å². The smallest absolute Gasteiger partial charge is 0.185 e. The Balaban J connectivity index is 2.58. The predicted molar refractivity (Wildman–Crippen MR) is 32.3 cm³/mol. The van der Waals surface area contributed by atoms with Gasteiger partial charge >= 0.3 is 0 Å². The summed E-state index contributed by atoms with van der Waals surface area (Å²) in [6.07, 6.45) is 0. The fourth-order valence-electron chi connectivity index (χ4n) is 0.690. The van der Waals surface area contributed by atoms with Gasteiger partial charge in [-0.15, -0.1) is 0 Å². The van der Waals surface area contributed by atoms with Crippen LogP contribution in [0.15, 0.2) is 11.5 Å². The summed E-state index contributed by atoms with van der Waals surface area (Å²) in [5.41, 5.74) is 1.22. The molecule has 0 unspecified atom stereocenters. The first-order chi connectivity index (χ1) is 3.80. The Hall–Kier alpha value is -0.660. The Morgan fingerprint density at radius 2 is 2.38 bits per heavy atom. The van der Waals surface area contributed by atoms with Crippen LogP contribution in [0.1, 0.15) is 13.8 Å². The highest BCUT2D eigenvalue weighted by Crippen LogP contribution is 2.04. The minimum atomic E-state index is 0.820. The number of allylic oxidation sites excluding steroid dienone is 1. The van der Waals surface area contributed by atoms with Gasteiger partial charge in [-0.25, -0.2) is 0 Å². The van der Waals surface area contributed by atoms with Crippen LogP contribution in [0.25, 0.3) is 0 Å². The molecule has 0 atom stereocenters. The number of ether oxygens (including phenoxy) is 1. The first-order valence-corrected chi connectivity index (χ1v) is 2.85. The molecular weight excluding hydrogens is 102 g/mol. The van der Waals surface area contributed by atoms with Gasteiger partial charge in [0, 0.05) is 0 Å². The molecule has 0 spiro atoms. The molecule has 0 aromatic carbocycles. The van der Waals surface area contributed by atoms with Crippen LogP contribution in [0.2, 0.25) is 0 Å². The average Bonchev–Trinajstić information content (AvgIpc) is 2.12. The Morgan fingerprint density at radius 3 is 2.62 bits per heavy atom. The molecule has 2 heteroatoms. The molecule has 0 saturated carbocycles. The quantitative estimate of drug-likeness (QED) is 0.503. The second kappa shape index (κ2) is 2.07. The predicted octanol–water partition coefficient (Wildman–Crippen LogP) is 0.858. The van der Waals surface area contributed by atoms with Crippen molar-refractivity contribution in [1.82, 2.24) is 5.32 Å². The lowest BCUT2D eigenvalue weighted by Crippen LogP contribution is -2.05. The molecule has 1 rings (SSSR count). The molecule has 1 saturated heterocycles. The summed E-state index contributed by atoms with van der Waals surface area (Å²) < 4.78 is 5.18. The van der Waals surface area contributed by atoms with E-state index in [4.69, 9.17) is 4.74 Å². The molecule has 1 aliphatic heterocycles. The Kier molecular flexibility index (Phi) is 1.42. The highest BCUT2D eigenvalue weighted by molar-refractivity contribution is 5.02. The SMILES string of the molecule is CC(C)=C1NCCO1. The van der Waals surface area contributed by atoms with Crippen molar-refractivity contribution in [3.05, 3.63) is 11.5 Å². The summed E-state index contributed by atoms with van der Waals surface area (Å²) in [5, 5.41) is 3.11. The van der Waals surface area contributed by atoms with Crippen LogP contribution in [-0.2, 0) is 4.74 Å². The zero-order valence-electron chi connectivity index (χ0n) is 5.32. The molecule has 0 aromatic rings. The monoisotopic (exact) mass is 113 g/mol. The molecule has 1 fully saturated rings. The minimum Gasteiger partial charge on any atom is -0.477 e. The van der Waals surface area contributed by atoms with E-state index in [0.29, 0.717) is 0 Å². The average molecular weight is 113 g/mol. The molecule has 2 nitrogen and oxygen atoms in total. The maximum absolute atomic E-state index is 5.18. The summed E-state index contributed by atoms with van der Waals surface area (Å²) >= 11 is 0. The van der Waals surface area contributed by atoms with Gasteiger partial charge in [0.15, 0.2) is 5.88 Å². The van der Waals surface area contributed by atoms with E-state index in [1.54, 1.807) is 0 Å². The van der Waals surface area contributed by atoms with Gasteiger partial charge in [0.05, 0.1) is 6.54 Å². The zero-order chi connectivity index (χ0) is 5.98. The van der Waals surface area contributed by atoms with Crippen molar-refractivity contribution in [1.29, 1.82) is 0 Å². The van der Waals surface area contributed by atoms with Crippen LogP contribution in [-0.4, -0.2) is 13.2 Å². The largest absolute Gasteiger partial charge is 0.477 e. The molecule has 1 aliphatic rings. The Bertz CT molecular complexity index is 106. The van der Waals surface area contributed by atoms with E-state index in [1.807, 2.05) is 13.8 Å². The molecule has 0 bridgehead atoms. The summed E-state index contributed by atoms with van der Waals surface area (Å²) in [7, 11) is 0. The van der Waals surface area contributed by atoms with E-state index in [0.717, 1.165) is 19.0 Å². The van der Waals surface area contributed by atoms with Gasteiger partial charge in [-0.05, 0) is 19.4 Å². The van der Waals surface area contributed by atoms with Crippen molar-refractivity contribution in [3.8, 4) is 0 Å². The summed E-state index contributed by atoms with van der Waals surface area (Å²) in [4.78, 5) is 0. The lowest BCUT2D eigenvalue weighted by molar-refractivity contribution is 0.261. The molecular formula is C6H11NO. The molecule has 0 aromatic heterocycles. The molecule has 0 radical (unpaired) electrons. The number of hydrogen-bond donors (Lipinski definition) is 1. The number of nitrogens with one attached hydrogen (secondary N) is 1. The van der Waals surface area contributed by atoms with Crippen molar-refractivity contribution in [2.75, 3.05) is 13.2 Å². The van der Waals surface area contributed by atoms with E-state index in [-0.39, 0.29) is 0 Å². The fraction of sp³-hybridized carbons (Fsp3) is 0.667. The first-order valence-electron chi connectivity index (χ1n) is 2.85. The summed E-state index contributed by atoms with van der Waals surface area (Å²) in [5.74, 6) is 0.963. The van der Waals surface area contributed by atoms with E-state index in [2.05, 4.69) is 5.32 Å². The van der Waals surface area contributed by atoms with Crippen molar-refractivity contribution in [2.24, 2.45) is 0 Å². The maximum atomic E-state index is 5.18. The standard InChI is InChI=1S/C6H11NO/c1-5(2)6-7-3-4-8-6/h7H,3-4H2,1-2H3. The van der Waals surface area contributed by atoms with E-state index in [9.17, 15) is 0 Å². The van der Waals surface area contributed by atoms with Crippen LogP contribution < -0.4 is 5.32 Å². The van der Waals surface area contributed by atoms with Crippen LogP contribution in [0, 0.1) is 0 Å². The highest BCUT2D eigenvalue weighted by atomic mass is 16.5. The Labute approximate surface area is 49.5 Å². The van der Waals surface area contributed by atoms with Crippen LogP contribution in [0.5, 0.6) is 0 Å². The maximum Gasteiger partial charge on any atom is 0.185 e. The fourth-order valence-corrected chi connectivity index (χ4v) is 0.690. The zero-order valence-corrected chi connectivity index (χ0v) is 5.32. The molecule has 8 heavy (non-hydrogen) atoms. The molecule has 46 valence electrons. The third kappa shape index (κ3) is 0.941. The van der Waals surface area contributed by atoms with Gasteiger partial charge in [0.1, 0.15) is 6.61 Å². The number of hydrogen-bond acceptors (Lipinski definition) is 2. The minimum absolute atomic E-state index is 0.820. The van der Waals surface area contributed by atoms with E-state index < -0.39 is 0 Å². The third-order valence-electron chi connectivity index (χ3n) is 1.09. The van der Waals surface area contributed by atoms with E-state index >= 15 is 0 Å². The second-order valence-corrected chi connectivity index (χ2v) is 2.10. The van der Waals surface area contributed by atoms with Gasteiger partial charge in [0.25, 0.3) is 0 Å². The third-order valence-corrected chi connectivity index (χ3v) is 1.09. The molecule has 0 aliphatic carbocycles. The van der Waals surface area contributed by atoms with Crippen LogP contribution in [0.3, 0.4) is 0 Å². The summed E-state index contributed by atoms with van der Waals surface area (Å²) in [6, 6.07) is 0. The molecule has 1 heterocycles. The van der Waals surface area contributed by atoms with Crippen molar-refractivity contribution in [3.63, 3.8) is 0 Å². The van der Waals surface area contributed by atoms with Gasteiger partial charge in [-0.2, -0.15) is 0 Å². The van der Waals surface area contributed by atoms with Crippen molar-refractivity contribution >= 4 is 0 Å². The molecule has 1 N–H and O–H groups in total. The second-order valence-electron chi connectivity index (χ2n) is 2.10. The van der Waals surface area contributed by atoms with Gasteiger partial charge in [0.2, 0.25) is 0 Å². The van der Waals surface area contributed by atoms with Gasteiger partial charge in [-0.3, -0.25) is 0 Å².